The van der Waals surface area contributed by atoms with Crippen LogP contribution < -0.4 is 15.5 Å². The van der Waals surface area contributed by atoms with Crippen molar-refractivity contribution < 1.29 is 19.5 Å². The Hall–Kier alpha value is -3.16. The second-order valence-corrected chi connectivity index (χ2v) is 9.66. The maximum Gasteiger partial charge on any atom is 0.404 e. The molecule has 1 saturated heterocycles. The molecule has 0 bridgehead atoms. The molecule has 0 spiro atoms. The van der Waals surface area contributed by atoms with Crippen LogP contribution in [0.4, 0.5) is 10.6 Å². The number of benzene rings is 1. The zero-order chi connectivity index (χ0) is 23.9. The highest BCUT2D eigenvalue weighted by atomic mass is 16.4. The SMILES string of the molecule is O=CCC1CCN(c2cc(C(=O)NCC3CCC(CNC(=O)O)CC3)c3ccccc3n2)CC1. The van der Waals surface area contributed by atoms with Gasteiger partial charge in [-0.2, -0.15) is 0 Å². The Morgan fingerprint density at radius 1 is 0.971 bits per heavy atom. The average molecular weight is 467 g/mol. The normalized spacial score (nSPS) is 21.2. The standard InChI is InChI=1S/C26H34N4O4/c31-14-11-18-9-12-30(13-10-18)24-15-22(21-3-1-2-4-23(21)29-24)25(32)27-16-19-5-7-20(8-6-19)17-28-26(33)34/h1-4,14-15,18-20,28H,5-13,16-17H2,(H,27,32)(H,33,34). The molecule has 8 nitrogen and oxygen atoms in total. The minimum Gasteiger partial charge on any atom is -0.465 e. The number of aromatic nitrogens is 1. The van der Waals surface area contributed by atoms with E-state index in [0.29, 0.717) is 42.8 Å². The van der Waals surface area contributed by atoms with Crippen LogP contribution in [0.15, 0.2) is 30.3 Å². The Kier molecular flexibility index (Phi) is 7.98. The monoisotopic (exact) mass is 466 g/mol. The fraction of sp³-hybridized carbons (Fsp3) is 0.538. The van der Waals surface area contributed by atoms with Gasteiger partial charge in [0, 0.05) is 38.0 Å². The number of piperidine rings is 1. The molecule has 0 unspecified atom stereocenters. The van der Waals surface area contributed by atoms with Gasteiger partial charge in [0.25, 0.3) is 5.91 Å². The van der Waals surface area contributed by atoms with Crippen LogP contribution in [0.1, 0.15) is 55.3 Å². The van der Waals surface area contributed by atoms with Crippen molar-refractivity contribution in [2.75, 3.05) is 31.1 Å². The molecule has 1 aromatic carbocycles. The molecule has 182 valence electrons. The lowest BCUT2D eigenvalue weighted by Gasteiger charge is -2.32. The van der Waals surface area contributed by atoms with E-state index >= 15 is 0 Å². The van der Waals surface area contributed by atoms with E-state index in [1.165, 1.54) is 0 Å². The lowest BCUT2D eigenvalue weighted by Crippen LogP contribution is -2.35. The number of nitrogens with one attached hydrogen (secondary N) is 2. The summed E-state index contributed by atoms with van der Waals surface area (Å²) in [6.07, 6.45) is 6.50. The molecule has 4 rings (SSSR count). The fourth-order valence-electron chi connectivity index (χ4n) is 5.25. The van der Waals surface area contributed by atoms with E-state index in [9.17, 15) is 14.4 Å². The third kappa shape index (κ3) is 6.04. The molecule has 1 aromatic heterocycles. The van der Waals surface area contributed by atoms with E-state index in [0.717, 1.165) is 74.6 Å². The lowest BCUT2D eigenvalue weighted by atomic mass is 9.82. The molecule has 1 saturated carbocycles. The molecule has 3 N–H and O–H groups in total. The summed E-state index contributed by atoms with van der Waals surface area (Å²) in [6.45, 7) is 2.81. The Labute approximate surface area is 200 Å². The minimum absolute atomic E-state index is 0.0784. The molecule has 2 heterocycles. The van der Waals surface area contributed by atoms with E-state index in [1.807, 2.05) is 30.3 Å². The van der Waals surface area contributed by atoms with Crippen molar-refractivity contribution in [2.45, 2.75) is 44.9 Å². The van der Waals surface area contributed by atoms with Crippen LogP contribution in [0.25, 0.3) is 10.9 Å². The summed E-state index contributed by atoms with van der Waals surface area (Å²) in [5.74, 6) is 1.97. The van der Waals surface area contributed by atoms with Crippen molar-refractivity contribution in [3.05, 3.63) is 35.9 Å². The predicted molar refractivity (Wildman–Crippen MR) is 131 cm³/mol. The largest absolute Gasteiger partial charge is 0.465 e. The number of carbonyl (C=O) groups is 3. The first-order chi connectivity index (χ1) is 16.5. The second kappa shape index (κ2) is 11.3. The van der Waals surface area contributed by atoms with Gasteiger partial charge in [-0.15, -0.1) is 0 Å². The number of hydrogen-bond donors (Lipinski definition) is 3. The van der Waals surface area contributed by atoms with Crippen molar-refractivity contribution in [3.63, 3.8) is 0 Å². The summed E-state index contributed by atoms with van der Waals surface area (Å²) in [7, 11) is 0. The number of hydrogen-bond acceptors (Lipinski definition) is 5. The molecular formula is C26H34N4O4. The minimum atomic E-state index is -0.969. The first kappa shape index (κ1) is 24.0. The molecule has 0 atom stereocenters. The molecule has 34 heavy (non-hydrogen) atoms. The number of rotatable bonds is 8. The smallest absolute Gasteiger partial charge is 0.404 e. The van der Waals surface area contributed by atoms with Crippen molar-refractivity contribution in [2.24, 2.45) is 17.8 Å². The van der Waals surface area contributed by atoms with Crippen LogP contribution >= 0.6 is 0 Å². The third-order valence-corrected chi connectivity index (χ3v) is 7.37. The maximum atomic E-state index is 13.2. The second-order valence-electron chi connectivity index (χ2n) is 9.66. The number of amides is 2. The van der Waals surface area contributed by atoms with Crippen molar-refractivity contribution in [3.8, 4) is 0 Å². The summed E-state index contributed by atoms with van der Waals surface area (Å²) < 4.78 is 0. The van der Waals surface area contributed by atoms with Crippen LogP contribution in [0.5, 0.6) is 0 Å². The highest BCUT2D eigenvalue weighted by Gasteiger charge is 2.24. The van der Waals surface area contributed by atoms with Crippen molar-refractivity contribution in [1.29, 1.82) is 0 Å². The summed E-state index contributed by atoms with van der Waals surface area (Å²) in [4.78, 5) is 41.8. The van der Waals surface area contributed by atoms with Crippen molar-refractivity contribution in [1.82, 2.24) is 15.6 Å². The van der Waals surface area contributed by atoms with Gasteiger partial charge in [0.05, 0.1) is 11.1 Å². The molecule has 2 aliphatic rings. The molecule has 2 amide bonds. The highest BCUT2D eigenvalue weighted by molar-refractivity contribution is 6.07. The molecular weight excluding hydrogens is 432 g/mol. The van der Waals surface area contributed by atoms with E-state index in [-0.39, 0.29) is 5.91 Å². The van der Waals surface area contributed by atoms with Gasteiger partial charge < -0.3 is 25.4 Å². The van der Waals surface area contributed by atoms with Gasteiger partial charge in [0.2, 0.25) is 0 Å². The molecule has 0 radical (unpaired) electrons. The van der Waals surface area contributed by atoms with Gasteiger partial charge in [-0.1, -0.05) is 18.2 Å². The third-order valence-electron chi connectivity index (χ3n) is 7.37. The van der Waals surface area contributed by atoms with Crippen LogP contribution in [0.3, 0.4) is 0 Å². The van der Waals surface area contributed by atoms with Crippen LogP contribution in [-0.2, 0) is 4.79 Å². The number of aldehydes is 1. The van der Waals surface area contributed by atoms with Crippen molar-refractivity contribution >= 4 is 35.0 Å². The van der Waals surface area contributed by atoms with Gasteiger partial charge in [0.1, 0.15) is 12.1 Å². The number of para-hydroxylation sites is 1. The van der Waals surface area contributed by atoms with Gasteiger partial charge in [-0.25, -0.2) is 9.78 Å². The number of pyridine rings is 1. The summed E-state index contributed by atoms with van der Waals surface area (Å²) in [5.41, 5.74) is 1.46. The zero-order valence-corrected chi connectivity index (χ0v) is 19.5. The summed E-state index contributed by atoms with van der Waals surface area (Å²) in [6, 6.07) is 9.66. The van der Waals surface area contributed by atoms with Crippen LogP contribution in [-0.4, -0.2) is 54.6 Å². The number of carbonyl (C=O) groups excluding carboxylic acids is 2. The number of fused-ring (bicyclic) bond motifs is 1. The Morgan fingerprint density at radius 2 is 1.62 bits per heavy atom. The van der Waals surface area contributed by atoms with Gasteiger partial charge in [0.15, 0.2) is 0 Å². The molecule has 2 fully saturated rings. The first-order valence-electron chi connectivity index (χ1n) is 12.4. The molecule has 2 aromatic rings. The molecule has 8 heteroatoms. The van der Waals surface area contributed by atoms with E-state index in [4.69, 9.17) is 10.1 Å². The first-order valence-corrected chi connectivity index (χ1v) is 12.4. The van der Waals surface area contributed by atoms with Crippen LogP contribution in [0, 0.1) is 17.8 Å². The Balaban J connectivity index is 1.39. The number of carboxylic acid groups (broad SMARTS) is 1. The topological polar surface area (TPSA) is 112 Å². The number of nitrogens with zero attached hydrogens (tertiary/aromatic N) is 2. The zero-order valence-electron chi connectivity index (χ0n) is 19.5. The van der Waals surface area contributed by atoms with E-state index in [2.05, 4.69) is 15.5 Å². The van der Waals surface area contributed by atoms with E-state index in [1.54, 1.807) is 0 Å². The van der Waals surface area contributed by atoms with Gasteiger partial charge in [-0.05, 0) is 68.4 Å². The van der Waals surface area contributed by atoms with Gasteiger partial charge >= 0.3 is 6.09 Å². The Bertz CT molecular complexity index is 1010. The molecule has 1 aliphatic heterocycles. The van der Waals surface area contributed by atoms with Crippen LogP contribution in [0.2, 0.25) is 0 Å². The lowest BCUT2D eigenvalue weighted by molar-refractivity contribution is -0.108. The fourth-order valence-corrected chi connectivity index (χ4v) is 5.25. The summed E-state index contributed by atoms with van der Waals surface area (Å²) in [5, 5.41) is 15.3. The quantitative estimate of drug-likeness (QED) is 0.510. The molecule has 1 aliphatic carbocycles. The van der Waals surface area contributed by atoms with Gasteiger partial charge in [-0.3, -0.25) is 4.79 Å². The maximum absolute atomic E-state index is 13.2. The number of anilines is 1. The average Bonchev–Trinajstić information content (AvgIpc) is 2.86. The highest BCUT2D eigenvalue weighted by Crippen LogP contribution is 2.29. The summed E-state index contributed by atoms with van der Waals surface area (Å²) >= 11 is 0. The Morgan fingerprint density at radius 3 is 2.26 bits per heavy atom. The van der Waals surface area contributed by atoms with E-state index < -0.39 is 6.09 Å². The predicted octanol–water partition coefficient (Wildman–Crippen LogP) is 3.84.